The van der Waals surface area contributed by atoms with E-state index in [9.17, 15) is 0 Å². The van der Waals surface area contributed by atoms with Crippen LogP contribution >= 0.6 is 0 Å². The Morgan fingerprint density at radius 2 is 1.12 bits per heavy atom. The molecule has 8 heavy (non-hydrogen) atoms. The standard InChI is InChI=1S/C5H10.CHNO/c1-2-4-5-3-1;2-1-3/h1-5H2;2H. The van der Waals surface area contributed by atoms with Crippen LogP contribution in [0.25, 0.3) is 0 Å². The first-order valence-electron chi connectivity index (χ1n) is 2.95. The highest BCUT2D eigenvalue weighted by Crippen LogP contribution is 2.15. The minimum absolute atomic E-state index is 0.750. The highest BCUT2D eigenvalue weighted by molar-refractivity contribution is 5.26. The minimum Gasteiger partial charge on any atom is -0.222 e. The van der Waals surface area contributed by atoms with E-state index >= 15 is 0 Å². The molecule has 0 saturated heterocycles. The molecule has 0 aliphatic heterocycles. The lowest BCUT2D eigenvalue weighted by Crippen LogP contribution is -1.47. The van der Waals surface area contributed by atoms with Gasteiger partial charge in [0.05, 0.1) is 0 Å². The van der Waals surface area contributed by atoms with Gasteiger partial charge in [0.1, 0.15) is 0 Å². The molecule has 1 rings (SSSR count). The van der Waals surface area contributed by atoms with Crippen molar-refractivity contribution in [2.45, 2.75) is 32.1 Å². The summed E-state index contributed by atoms with van der Waals surface area (Å²) in [6, 6.07) is 0. The average molecular weight is 113 g/mol. The molecule has 2 nitrogen and oxygen atoms in total. The molecule has 0 bridgehead atoms. The molecule has 0 aromatic heterocycles. The van der Waals surface area contributed by atoms with Gasteiger partial charge in [-0.2, -0.15) is 0 Å². The van der Waals surface area contributed by atoms with Gasteiger partial charge in [-0.1, -0.05) is 32.1 Å². The molecule has 0 radical (unpaired) electrons. The number of hydrogen-bond acceptors (Lipinski definition) is 2. The van der Waals surface area contributed by atoms with Crippen LogP contribution in [-0.4, -0.2) is 6.08 Å². The summed E-state index contributed by atoms with van der Waals surface area (Å²) in [6.45, 7) is 0. The van der Waals surface area contributed by atoms with Crippen molar-refractivity contribution in [3.8, 4) is 0 Å². The Balaban J connectivity index is 0.000000145. The van der Waals surface area contributed by atoms with E-state index in [-0.39, 0.29) is 0 Å². The second-order valence-electron chi connectivity index (χ2n) is 1.87. The Labute approximate surface area is 49.4 Å². The number of hydrogen-bond donors (Lipinski definition) is 1. The van der Waals surface area contributed by atoms with Gasteiger partial charge in [-0.3, -0.25) is 0 Å². The van der Waals surface area contributed by atoms with E-state index in [4.69, 9.17) is 10.2 Å². The molecule has 1 aliphatic rings. The summed E-state index contributed by atoms with van der Waals surface area (Å²) >= 11 is 0. The van der Waals surface area contributed by atoms with Crippen molar-refractivity contribution in [2.75, 3.05) is 0 Å². The molecule has 1 aliphatic carbocycles. The van der Waals surface area contributed by atoms with Crippen LogP contribution in [0.1, 0.15) is 32.1 Å². The molecule has 1 saturated carbocycles. The maximum absolute atomic E-state index is 8.35. The number of isocyanates is 1. The third kappa shape index (κ3) is 5.38. The van der Waals surface area contributed by atoms with Gasteiger partial charge in [-0.25, -0.2) is 10.2 Å². The first kappa shape index (κ1) is 7.38. The van der Waals surface area contributed by atoms with Crippen LogP contribution in [0.2, 0.25) is 0 Å². The van der Waals surface area contributed by atoms with E-state index in [0.29, 0.717) is 0 Å². The van der Waals surface area contributed by atoms with Crippen LogP contribution in [0.4, 0.5) is 0 Å². The molecule has 1 N–H and O–H groups in total. The Morgan fingerprint density at radius 1 is 1.00 bits per heavy atom. The molecule has 2 heteroatoms. The third-order valence-electron chi connectivity index (χ3n) is 1.25. The van der Waals surface area contributed by atoms with Gasteiger partial charge in [-0.15, -0.1) is 0 Å². The second kappa shape index (κ2) is 6.38. The molecule has 0 spiro atoms. The average Bonchev–Trinajstić information content (AvgIpc) is 2.17. The van der Waals surface area contributed by atoms with Crippen LogP contribution in [0.5, 0.6) is 0 Å². The predicted octanol–water partition coefficient (Wildman–Crippen LogP) is 1.85. The summed E-state index contributed by atoms with van der Waals surface area (Å²) in [5.74, 6) is 0. The summed E-state index contributed by atoms with van der Waals surface area (Å²) in [7, 11) is 0. The van der Waals surface area contributed by atoms with Crippen molar-refractivity contribution < 1.29 is 4.79 Å². The largest absolute Gasteiger partial charge is 0.231 e. The first-order chi connectivity index (χ1) is 3.91. The third-order valence-corrected chi connectivity index (χ3v) is 1.25. The minimum atomic E-state index is 0.750. The van der Waals surface area contributed by atoms with E-state index < -0.39 is 0 Å². The molecule has 0 aromatic rings. The predicted molar refractivity (Wildman–Crippen MR) is 31.5 cm³/mol. The zero-order valence-electron chi connectivity index (χ0n) is 4.94. The van der Waals surface area contributed by atoms with Crippen molar-refractivity contribution >= 4 is 6.08 Å². The van der Waals surface area contributed by atoms with E-state index in [1.807, 2.05) is 0 Å². The van der Waals surface area contributed by atoms with E-state index in [2.05, 4.69) is 0 Å². The summed E-state index contributed by atoms with van der Waals surface area (Å²) in [6.07, 6.45) is 8.25. The number of rotatable bonds is 0. The van der Waals surface area contributed by atoms with E-state index in [0.717, 1.165) is 6.08 Å². The van der Waals surface area contributed by atoms with Crippen molar-refractivity contribution in [3.05, 3.63) is 0 Å². The molecule has 0 aromatic carbocycles. The maximum Gasteiger partial charge on any atom is 0.231 e. The number of carbonyl (C=O) groups excluding carboxylic acids is 1. The first-order valence-corrected chi connectivity index (χ1v) is 2.95. The Kier molecular flexibility index (Phi) is 5.89. The molecule has 0 amide bonds. The Hall–Kier alpha value is -0.620. The topological polar surface area (TPSA) is 40.9 Å². The van der Waals surface area contributed by atoms with Gasteiger partial charge in [0.2, 0.25) is 6.08 Å². The van der Waals surface area contributed by atoms with Gasteiger partial charge >= 0.3 is 0 Å². The summed E-state index contributed by atoms with van der Waals surface area (Å²) in [5, 5.41) is 5.40. The van der Waals surface area contributed by atoms with Gasteiger partial charge in [-0.05, 0) is 0 Å². The maximum atomic E-state index is 8.35. The van der Waals surface area contributed by atoms with Crippen LogP contribution in [0.15, 0.2) is 0 Å². The second-order valence-corrected chi connectivity index (χ2v) is 1.87. The van der Waals surface area contributed by atoms with Gasteiger partial charge in [0, 0.05) is 0 Å². The van der Waals surface area contributed by atoms with Crippen LogP contribution in [-0.2, 0) is 4.79 Å². The van der Waals surface area contributed by atoms with Crippen LogP contribution < -0.4 is 0 Å². The fourth-order valence-electron chi connectivity index (χ4n) is 0.884. The molecule has 1 fully saturated rings. The Morgan fingerprint density at radius 3 is 1.25 bits per heavy atom. The van der Waals surface area contributed by atoms with Gasteiger partial charge in [0.15, 0.2) is 0 Å². The van der Waals surface area contributed by atoms with Gasteiger partial charge < -0.3 is 0 Å². The quantitative estimate of drug-likeness (QED) is 0.378. The molecular weight excluding hydrogens is 102 g/mol. The van der Waals surface area contributed by atoms with Crippen LogP contribution in [0, 0.1) is 5.41 Å². The van der Waals surface area contributed by atoms with E-state index in [1.54, 1.807) is 0 Å². The SMILES string of the molecule is C1CCCC1.N=C=O. The molecule has 0 heterocycles. The summed E-state index contributed by atoms with van der Waals surface area (Å²) in [4.78, 5) is 8.35. The van der Waals surface area contributed by atoms with Crippen molar-refractivity contribution in [3.63, 3.8) is 0 Å². The lowest BCUT2D eigenvalue weighted by atomic mass is 10.4. The van der Waals surface area contributed by atoms with Crippen LogP contribution in [0.3, 0.4) is 0 Å². The van der Waals surface area contributed by atoms with E-state index in [1.165, 1.54) is 32.1 Å². The number of nitrogens with one attached hydrogen (secondary N) is 1. The molecule has 46 valence electrons. The summed E-state index contributed by atoms with van der Waals surface area (Å²) < 4.78 is 0. The smallest absolute Gasteiger partial charge is 0.222 e. The highest BCUT2D eigenvalue weighted by atomic mass is 16.1. The molecule has 0 atom stereocenters. The normalized spacial score (nSPS) is 16.0. The Bertz CT molecular complexity index is 63.0. The lowest BCUT2D eigenvalue weighted by Gasteiger charge is -1.67. The van der Waals surface area contributed by atoms with Crippen molar-refractivity contribution in [2.24, 2.45) is 0 Å². The fourth-order valence-corrected chi connectivity index (χ4v) is 0.884. The van der Waals surface area contributed by atoms with Crippen molar-refractivity contribution in [1.82, 2.24) is 0 Å². The van der Waals surface area contributed by atoms with Crippen molar-refractivity contribution in [1.29, 1.82) is 5.41 Å². The highest BCUT2D eigenvalue weighted by Gasteiger charge is 1.95. The summed E-state index contributed by atoms with van der Waals surface area (Å²) in [5.41, 5.74) is 0. The lowest BCUT2D eigenvalue weighted by molar-refractivity contribution is 0.563. The molecule has 0 unspecified atom stereocenters. The fraction of sp³-hybridized carbons (Fsp3) is 0.833. The zero-order chi connectivity index (χ0) is 6.24. The van der Waals surface area contributed by atoms with Gasteiger partial charge in [0.25, 0.3) is 0 Å². The zero-order valence-corrected chi connectivity index (χ0v) is 4.94. The monoisotopic (exact) mass is 113 g/mol. The molecular formula is C6H11NO.